The Kier molecular flexibility index (Phi) is 7.26. The second-order valence-electron chi connectivity index (χ2n) is 10.5. The second kappa shape index (κ2) is 10.5. The fraction of sp³-hybridized carbons (Fsp3) is 0.731. The lowest BCUT2D eigenvalue weighted by atomic mass is 9.73. The van der Waals surface area contributed by atoms with Crippen LogP contribution in [0.4, 0.5) is 5.69 Å². The Morgan fingerprint density at radius 2 is 1.79 bits per heavy atom. The molecule has 2 heterocycles. The van der Waals surface area contributed by atoms with Crippen LogP contribution in [-0.2, 0) is 4.79 Å². The Bertz CT molecular complexity index is 797. The van der Waals surface area contributed by atoms with E-state index in [1.54, 1.807) is 0 Å². The molecule has 1 aromatic rings. The van der Waals surface area contributed by atoms with Crippen molar-refractivity contribution in [3.8, 4) is 11.5 Å². The smallest absolute Gasteiger partial charge is 0.231 e. The van der Waals surface area contributed by atoms with E-state index in [0.29, 0.717) is 31.1 Å². The highest BCUT2D eigenvalue weighted by atomic mass is 16.7. The Labute approximate surface area is 197 Å². The first-order chi connectivity index (χ1) is 16.2. The number of nitrogens with one attached hydrogen (secondary N) is 1. The number of benzene rings is 1. The minimum atomic E-state index is 0.221. The fourth-order valence-corrected chi connectivity index (χ4v) is 6.08. The molecule has 0 radical (unpaired) electrons. The van der Waals surface area contributed by atoms with E-state index in [2.05, 4.69) is 21.2 Å². The minimum Gasteiger partial charge on any atom is -0.454 e. The van der Waals surface area contributed by atoms with Gasteiger partial charge < -0.3 is 24.8 Å². The maximum Gasteiger partial charge on any atom is 0.231 e. The van der Waals surface area contributed by atoms with Gasteiger partial charge >= 0.3 is 0 Å². The van der Waals surface area contributed by atoms with Crippen molar-refractivity contribution >= 4 is 11.6 Å². The highest BCUT2D eigenvalue weighted by Crippen LogP contribution is 2.41. The summed E-state index contributed by atoms with van der Waals surface area (Å²) in [7, 11) is 0. The number of hydrogen-bond donors (Lipinski definition) is 2. The van der Waals surface area contributed by atoms with Crippen molar-refractivity contribution in [1.29, 1.82) is 0 Å². The zero-order chi connectivity index (χ0) is 22.6. The molecule has 0 spiro atoms. The van der Waals surface area contributed by atoms with Crippen LogP contribution in [0.2, 0.25) is 0 Å². The molecule has 3 fully saturated rings. The third-order valence-electron chi connectivity index (χ3n) is 8.22. The molecule has 182 valence electrons. The summed E-state index contributed by atoms with van der Waals surface area (Å²) in [6.45, 7) is 6.01. The van der Waals surface area contributed by atoms with Gasteiger partial charge in [-0.25, -0.2) is 0 Å². The molecule has 2 N–H and O–H groups in total. The predicted molar refractivity (Wildman–Crippen MR) is 128 cm³/mol. The highest BCUT2D eigenvalue weighted by molar-refractivity contribution is 5.76. The summed E-state index contributed by atoms with van der Waals surface area (Å²) in [5.41, 5.74) is 1.16. The average molecular weight is 458 g/mol. The van der Waals surface area contributed by atoms with Crippen molar-refractivity contribution in [2.45, 2.75) is 57.4 Å². The SMILES string of the molecule is O=C(C[C@H]1C[C@H](CO)C1)NC1CCC(CCN2CCN(c3cccc4c3OCO4)CC2)CC1. The largest absolute Gasteiger partial charge is 0.454 e. The summed E-state index contributed by atoms with van der Waals surface area (Å²) >= 11 is 0. The van der Waals surface area contributed by atoms with Crippen LogP contribution in [0, 0.1) is 17.8 Å². The second-order valence-corrected chi connectivity index (χ2v) is 10.5. The molecule has 1 saturated heterocycles. The molecule has 2 aliphatic carbocycles. The van der Waals surface area contributed by atoms with Crippen LogP contribution < -0.4 is 19.7 Å². The van der Waals surface area contributed by atoms with Crippen molar-refractivity contribution in [2.24, 2.45) is 17.8 Å². The molecule has 5 rings (SSSR count). The van der Waals surface area contributed by atoms with Gasteiger partial charge in [0, 0.05) is 45.2 Å². The van der Waals surface area contributed by atoms with Crippen molar-refractivity contribution in [3.05, 3.63) is 18.2 Å². The number of carbonyl (C=O) groups excluding carboxylic acids is 1. The van der Waals surface area contributed by atoms with E-state index in [4.69, 9.17) is 14.6 Å². The Morgan fingerprint density at radius 3 is 2.55 bits per heavy atom. The normalized spacial score (nSPS) is 29.5. The molecule has 0 bridgehead atoms. The van der Waals surface area contributed by atoms with Crippen LogP contribution in [0.15, 0.2) is 18.2 Å². The van der Waals surface area contributed by atoms with Crippen LogP contribution in [-0.4, -0.2) is 68.1 Å². The monoisotopic (exact) mass is 457 g/mol. The van der Waals surface area contributed by atoms with Gasteiger partial charge in [0.15, 0.2) is 11.5 Å². The summed E-state index contributed by atoms with van der Waals surface area (Å²) in [5.74, 6) is 3.69. The molecule has 0 atom stereocenters. The number of hydrogen-bond acceptors (Lipinski definition) is 6. The van der Waals surface area contributed by atoms with Gasteiger partial charge in [-0.1, -0.05) is 6.07 Å². The zero-order valence-corrected chi connectivity index (χ0v) is 19.7. The quantitative estimate of drug-likeness (QED) is 0.625. The summed E-state index contributed by atoms with van der Waals surface area (Å²) in [5, 5.41) is 12.4. The third-order valence-corrected chi connectivity index (χ3v) is 8.22. The van der Waals surface area contributed by atoms with Gasteiger partial charge in [-0.2, -0.15) is 0 Å². The lowest BCUT2D eigenvalue weighted by Crippen LogP contribution is -2.47. The lowest BCUT2D eigenvalue weighted by molar-refractivity contribution is -0.124. The number of aliphatic hydroxyl groups is 1. The number of para-hydroxylation sites is 1. The summed E-state index contributed by atoms with van der Waals surface area (Å²) in [6.07, 6.45) is 8.64. The van der Waals surface area contributed by atoms with Gasteiger partial charge in [-0.3, -0.25) is 9.69 Å². The minimum absolute atomic E-state index is 0.221. The number of carbonyl (C=O) groups is 1. The first-order valence-corrected chi connectivity index (χ1v) is 12.9. The number of rotatable bonds is 8. The number of piperazine rings is 1. The van der Waals surface area contributed by atoms with E-state index in [1.165, 1.54) is 25.8 Å². The molecule has 33 heavy (non-hydrogen) atoms. The predicted octanol–water partition coefficient (Wildman–Crippen LogP) is 3.01. The average Bonchev–Trinajstić information content (AvgIpc) is 3.30. The van der Waals surface area contributed by atoms with Crippen molar-refractivity contribution in [1.82, 2.24) is 10.2 Å². The van der Waals surface area contributed by atoms with Crippen molar-refractivity contribution in [2.75, 3.05) is 51.0 Å². The molecule has 0 unspecified atom stereocenters. The van der Waals surface area contributed by atoms with Crippen LogP contribution in [0.5, 0.6) is 11.5 Å². The standard InChI is InChI=1S/C26H39N3O4/c30-17-21-14-20(15-21)16-25(31)27-22-6-4-19(5-7-22)8-9-28-10-12-29(13-11-28)23-2-1-3-24-26(23)33-18-32-24/h1-3,19-22,30H,4-18H2,(H,27,31)/t19?,20-,21-,22?. The van der Waals surface area contributed by atoms with Crippen molar-refractivity contribution in [3.63, 3.8) is 0 Å². The zero-order valence-electron chi connectivity index (χ0n) is 19.7. The first kappa shape index (κ1) is 22.8. The molecule has 2 saturated carbocycles. The molecule has 0 aromatic heterocycles. The van der Waals surface area contributed by atoms with Gasteiger partial charge in [-0.05, 0) is 81.4 Å². The lowest BCUT2D eigenvalue weighted by Gasteiger charge is -2.37. The van der Waals surface area contributed by atoms with Gasteiger partial charge in [0.2, 0.25) is 12.7 Å². The fourth-order valence-electron chi connectivity index (χ4n) is 6.08. The Hall–Kier alpha value is -1.99. The maximum atomic E-state index is 12.3. The van der Waals surface area contributed by atoms with E-state index >= 15 is 0 Å². The number of ether oxygens (including phenoxy) is 2. The third kappa shape index (κ3) is 5.57. The van der Waals surface area contributed by atoms with E-state index in [9.17, 15) is 4.79 Å². The molecule has 1 aromatic carbocycles. The van der Waals surface area contributed by atoms with Crippen LogP contribution in [0.25, 0.3) is 0 Å². The maximum absolute atomic E-state index is 12.3. The molecular weight excluding hydrogens is 418 g/mol. The molecule has 4 aliphatic rings. The van der Waals surface area contributed by atoms with E-state index in [0.717, 1.165) is 75.0 Å². The van der Waals surface area contributed by atoms with Crippen LogP contribution in [0.1, 0.15) is 51.4 Å². The van der Waals surface area contributed by atoms with E-state index < -0.39 is 0 Å². The van der Waals surface area contributed by atoms with Gasteiger partial charge in [0.25, 0.3) is 0 Å². The Morgan fingerprint density at radius 1 is 1.00 bits per heavy atom. The first-order valence-electron chi connectivity index (χ1n) is 12.9. The molecular formula is C26H39N3O4. The van der Waals surface area contributed by atoms with Gasteiger partial charge in [-0.15, -0.1) is 0 Å². The number of nitrogens with zero attached hydrogens (tertiary/aromatic N) is 2. The summed E-state index contributed by atoms with van der Waals surface area (Å²) < 4.78 is 11.2. The van der Waals surface area contributed by atoms with E-state index in [-0.39, 0.29) is 12.5 Å². The molecule has 2 aliphatic heterocycles. The Balaban J connectivity index is 0.971. The number of anilines is 1. The van der Waals surface area contributed by atoms with Crippen molar-refractivity contribution < 1.29 is 19.4 Å². The number of fused-ring (bicyclic) bond motifs is 1. The van der Waals surface area contributed by atoms with Crippen LogP contribution >= 0.6 is 0 Å². The molecule has 7 heteroatoms. The topological polar surface area (TPSA) is 74.3 Å². The molecule has 1 amide bonds. The summed E-state index contributed by atoms with van der Waals surface area (Å²) in [4.78, 5) is 17.3. The van der Waals surface area contributed by atoms with Crippen LogP contribution in [0.3, 0.4) is 0 Å². The molecule has 7 nitrogen and oxygen atoms in total. The highest BCUT2D eigenvalue weighted by Gasteiger charge is 2.31. The number of aliphatic hydroxyl groups excluding tert-OH is 1. The number of amides is 1. The van der Waals surface area contributed by atoms with Gasteiger partial charge in [0.05, 0.1) is 5.69 Å². The van der Waals surface area contributed by atoms with E-state index in [1.807, 2.05) is 12.1 Å². The van der Waals surface area contributed by atoms with Gasteiger partial charge in [0.1, 0.15) is 0 Å². The summed E-state index contributed by atoms with van der Waals surface area (Å²) in [6, 6.07) is 6.53.